The molecule has 0 radical (unpaired) electrons. The minimum Gasteiger partial charge on any atom is -0.453 e. The summed E-state index contributed by atoms with van der Waals surface area (Å²) in [4.78, 5) is 26.1. The van der Waals surface area contributed by atoms with Crippen molar-refractivity contribution >= 4 is 11.9 Å². The van der Waals surface area contributed by atoms with Gasteiger partial charge in [0.2, 0.25) is 5.79 Å². The van der Waals surface area contributed by atoms with Gasteiger partial charge in [-0.25, -0.2) is 9.59 Å². The summed E-state index contributed by atoms with van der Waals surface area (Å²) in [7, 11) is 0. The minimum absolute atomic E-state index is 0.0376. The van der Waals surface area contributed by atoms with E-state index in [1.54, 1.807) is 36.4 Å². The van der Waals surface area contributed by atoms with Gasteiger partial charge in [0.05, 0.1) is 30.9 Å². The Kier molecular flexibility index (Phi) is 12.5. The summed E-state index contributed by atoms with van der Waals surface area (Å²) in [6, 6.07) is 15.1. The summed E-state index contributed by atoms with van der Waals surface area (Å²) in [5.74, 6) is -4.49. The summed E-state index contributed by atoms with van der Waals surface area (Å²) < 4.78 is 39.8. The Balaban J connectivity index is 1.49. The largest absolute Gasteiger partial charge is 0.453 e. The molecule has 5 rings (SSSR count). The average Bonchev–Trinajstić information content (AvgIpc) is 3.40. The molecule has 0 aromatic heterocycles. The Labute approximate surface area is 284 Å². The van der Waals surface area contributed by atoms with Crippen molar-refractivity contribution in [3.8, 4) is 0 Å². The molecule has 0 aliphatic carbocycles. The molecule has 18 heteroatoms. The van der Waals surface area contributed by atoms with Crippen LogP contribution in [0.5, 0.6) is 0 Å². The van der Waals surface area contributed by atoms with Gasteiger partial charge < -0.3 is 79.1 Å². The molecule has 0 saturated carbocycles. The topological polar surface area (TPSA) is 281 Å². The maximum atomic E-state index is 13.1. The van der Waals surface area contributed by atoms with Crippen molar-refractivity contribution in [1.29, 1.82) is 0 Å². The molecule has 18 nitrogen and oxygen atoms in total. The molecule has 14 atom stereocenters. The second-order valence-electron chi connectivity index (χ2n) is 11.9. The van der Waals surface area contributed by atoms with E-state index in [1.807, 2.05) is 0 Å². The van der Waals surface area contributed by atoms with Gasteiger partial charge in [-0.05, 0) is 24.3 Å². The maximum Gasteiger partial charge on any atom is 0.338 e. The van der Waals surface area contributed by atoms with Crippen molar-refractivity contribution in [3.05, 3.63) is 71.8 Å². The zero-order valence-corrected chi connectivity index (χ0v) is 26.3. The van der Waals surface area contributed by atoms with Gasteiger partial charge >= 0.3 is 11.9 Å². The van der Waals surface area contributed by atoms with Crippen molar-refractivity contribution < 1.29 is 88.7 Å². The highest BCUT2D eigenvalue weighted by atomic mass is 16.8. The molecular weight excluding hydrogens is 672 g/mol. The number of carbonyl (C=O) groups excluding carboxylic acids is 2. The first-order valence-corrected chi connectivity index (χ1v) is 15.7. The lowest BCUT2D eigenvalue weighted by Gasteiger charge is -2.48. The van der Waals surface area contributed by atoms with E-state index >= 15 is 0 Å². The van der Waals surface area contributed by atoms with E-state index in [0.29, 0.717) is 0 Å². The standard InChI is InChI=1S/C32H40O18/c33-11-17-20(37)22(39)23(40)30(44-17)47-26-24(41)25(46-28(42)15-7-3-1-4-8-15)19(13-35)45-31(26)50-32(14-36)27(21(38)18(12-34)49-32)48-29(43)16-9-5-2-6-10-16/h1-10,17-27,30-31,33-41H,11-14H2/t17-,18-,19-,20-,21-,22+,23-,24+,25-,26-,27+,30+,31-,32+/m1/s1. The lowest BCUT2D eigenvalue weighted by Crippen LogP contribution is -2.67. The van der Waals surface area contributed by atoms with Gasteiger partial charge in [-0.2, -0.15) is 0 Å². The van der Waals surface area contributed by atoms with E-state index in [0.717, 1.165) is 0 Å². The fraction of sp³-hybridized carbons (Fsp3) is 0.562. The van der Waals surface area contributed by atoms with Crippen molar-refractivity contribution in [1.82, 2.24) is 0 Å². The molecule has 3 heterocycles. The van der Waals surface area contributed by atoms with Gasteiger partial charge in [0.1, 0.15) is 61.5 Å². The van der Waals surface area contributed by atoms with Gasteiger partial charge in [-0.3, -0.25) is 0 Å². The number of hydrogen-bond acceptors (Lipinski definition) is 18. The predicted octanol–water partition coefficient (Wildman–Crippen LogP) is -3.84. The molecule has 2 aromatic carbocycles. The Bertz CT molecular complexity index is 1400. The zero-order valence-electron chi connectivity index (χ0n) is 26.3. The van der Waals surface area contributed by atoms with E-state index < -0.39 is 124 Å². The van der Waals surface area contributed by atoms with E-state index in [2.05, 4.69) is 0 Å². The first-order chi connectivity index (χ1) is 24.0. The van der Waals surface area contributed by atoms with Crippen molar-refractivity contribution in [2.45, 2.75) is 85.5 Å². The van der Waals surface area contributed by atoms with Crippen LogP contribution in [0.15, 0.2) is 60.7 Å². The van der Waals surface area contributed by atoms with Crippen LogP contribution in [0.1, 0.15) is 20.7 Å². The molecule has 2 aromatic rings. The Morgan fingerprint density at radius 2 is 1.14 bits per heavy atom. The molecule has 3 aliphatic rings. The quantitative estimate of drug-likeness (QED) is 0.0953. The summed E-state index contributed by atoms with van der Waals surface area (Å²) in [5.41, 5.74) is 0.0995. The number of carbonyl (C=O) groups is 2. The highest BCUT2D eigenvalue weighted by Crippen LogP contribution is 2.40. The number of aliphatic hydroxyl groups is 9. The van der Waals surface area contributed by atoms with Crippen LogP contribution in [0, 0.1) is 0 Å². The van der Waals surface area contributed by atoms with Crippen LogP contribution in [-0.4, -0.2) is 170 Å². The highest BCUT2D eigenvalue weighted by Gasteiger charge is 2.62. The number of ether oxygens (including phenoxy) is 7. The van der Waals surface area contributed by atoms with Crippen molar-refractivity contribution in [3.63, 3.8) is 0 Å². The third kappa shape index (κ3) is 7.69. The molecule has 3 fully saturated rings. The summed E-state index contributed by atoms with van der Waals surface area (Å²) in [6.07, 6.45) is -23.5. The number of benzene rings is 2. The summed E-state index contributed by atoms with van der Waals surface area (Å²) in [6.45, 7) is -3.76. The number of hydrogen-bond donors (Lipinski definition) is 9. The molecule has 9 N–H and O–H groups in total. The second kappa shape index (κ2) is 16.4. The molecule has 50 heavy (non-hydrogen) atoms. The van der Waals surface area contributed by atoms with Crippen LogP contribution >= 0.6 is 0 Å². The monoisotopic (exact) mass is 712 g/mol. The molecule has 0 unspecified atom stereocenters. The summed E-state index contributed by atoms with van der Waals surface area (Å²) >= 11 is 0. The third-order valence-corrected chi connectivity index (χ3v) is 8.62. The molecule has 0 spiro atoms. The lowest BCUT2D eigenvalue weighted by atomic mass is 9.96. The van der Waals surface area contributed by atoms with Crippen LogP contribution in [0.4, 0.5) is 0 Å². The molecule has 3 saturated heterocycles. The van der Waals surface area contributed by atoms with Gasteiger partial charge in [0, 0.05) is 0 Å². The van der Waals surface area contributed by atoms with Crippen LogP contribution < -0.4 is 0 Å². The van der Waals surface area contributed by atoms with Crippen molar-refractivity contribution in [2.75, 3.05) is 26.4 Å². The SMILES string of the molecule is O=C(O[C@H]1[C@H](O)[C@@H](O[C@@H]2O[C@H](CO)[C@@H](O)[C@H](O)[C@H]2O)[C@@H](O[C@]2(CO)O[C@H](CO)[C@@H](O)[C@@H]2OC(=O)c2ccccc2)O[C@@H]1CO)c1ccccc1. The number of aliphatic hydroxyl groups excluding tert-OH is 9. The lowest BCUT2D eigenvalue weighted by molar-refractivity contribution is -0.407. The maximum absolute atomic E-state index is 13.1. The smallest absolute Gasteiger partial charge is 0.338 e. The van der Waals surface area contributed by atoms with Gasteiger partial charge in [0.15, 0.2) is 24.8 Å². The predicted molar refractivity (Wildman–Crippen MR) is 161 cm³/mol. The fourth-order valence-corrected chi connectivity index (χ4v) is 5.89. The van der Waals surface area contributed by atoms with Gasteiger partial charge in [-0.1, -0.05) is 36.4 Å². The Hall–Kier alpha value is -3.18. The zero-order chi connectivity index (χ0) is 36.2. The van der Waals surface area contributed by atoms with Crippen molar-refractivity contribution in [2.24, 2.45) is 0 Å². The molecule has 276 valence electrons. The average molecular weight is 713 g/mol. The van der Waals surface area contributed by atoms with Crippen LogP contribution in [0.25, 0.3) is 0 Å². The van der Waals surface area contributed by atoms with Crippen LogP contribution in [-0.2, 0) is 33.2 Å². The van der Waals surface area contributed by atoms with Crippen LogP contribution in [0.3, 0.4) is 0 Å². The number of esters is 2. The normalized spacial score (nSPS) is 38.8. The summed E-state index contributed by atoms with van der Waals surface area (Å²) in [5, 5.41) is 94.5. The third-order valence-electron chi connectivity index (χ3n) is 8.62. The number of rotatable bonds is 12. The highest BCUT2D eigenvalue weighted by molar-refractivity contribution is 5.90. The molecule has 3 aliphatic heterocycles. The first-order valence-electron chi connectivity index (χ1n) is 15.7. The fourth-order valence-electron chi connectivity index (χ4n) is 5.89. The Morgan fingerprint density at radius 3 is 1.68 bits per heavy atom. The van der Waals surface area contributed by atoms with E-state index in [1.165, 1.54) is 24.3 Å². The first kappa shape index (κ1) is 38.1. The van der Waals surface area contributed by atoms with Gasteiger partial charge in [0.25, 0.3) is 0 Å². The second-order valence-corrected chi connectivity index (χ2v) is 11.9. The van der Waals surface area contributed by atoms with E-state index in [-0.39, 0.29) is 11.1 Å². The van der Waals surface area contributed by atoms with Gasteiger partial charge in [-0.15, -0.1) is 0 Å². The molecular formula is C32H40O18. The van der Waals surface area contributed by atoms with Crippen LogP contribution in [0.2, 0.25) is 0 Å². The Morgan fingerprint density at radius 1 is 0.600 bits per heavy atom. The van der Waals surface area contributed by atoms with E-state index in [4.69, 9.17) is 33.2 Å². The minimum atomic E-state index is -2.55. The molecule has 0 bridgehead atoms. The van der Waals surface area contributed by atoms with E-state index in [9.17, 15) is 55.5 Å². The molecule has 0 amide bonds.